The lowest BCUT2D eigenvalue weighted by atomic mass is 9.89. The van der Waals surface area contributed by atoms with Crippen LogP contribution in [0.4, 0.5) is 0 Å². The minimum atomic E-state index is 0.676. The SMILES string of the molecule is N#Cc1ccc2c(c1)c1ccc(-c3ccc4ccc5cccc6ccc3c4c56)cc1n2-c1ccccc1. The van der Waals surface area contributed by atoms with Gasteiger partial charge in [-0.3, -0.25) is 0 Å². The maximum Gasteiger partial charge on any atom is 0.0991 e. The second-order valence-electron chi connectivity index (χ2n) is 9.72. The van der Waals surface area contributed by atoms with Crippen LogP contribution in [0.2, 0.25) is 0 Å². The molecule has 170 valence electrons. The maximum atomic E-state index is 9.55. The summed E-state index contributed by atoms with van der Waals surface area (Å²) in [5.41, 5.74) is 6.45. The van der Waals surface area contributed by atoms with Crippen LogP contribution in [0.3, 0.4) is 0 Å². The smallest absolute Gasteiger partial charge is 0.0991 e. The van der Waals surface area contributed by atoms with Gasteiger partial charge in [-0.2, -0.15) is 5.26 Å². The number of fused-ring (bicyclic) bond motifs is 3. The van der Waals surface area contributed by atoms with E-state index < -0.39 is 0 Å². The van der Waals surface area contributed by atoms with Crippen LogP contribution in [0.15, 0.2) is 121 Å². The first-order valence-electron chi connectivity index (χ1n) is 12.5. The van der Waals surface area contributed by atoms with E-state index >= 15 is 0 Å². The molecule has 37 heavy (non-hydrogen) atoms. The first kappa shape index (κ1) is 20.1. The zero-order chi connectivity index (χ0) is 24.5. The third kappa shape index (κ3) is 2.80. The second kappa shape index (κ2) is 7.43. The molecule has 1 aromatic heterocycles. The quantitative estimate of drug-likeness (QED) is 0.232. The molecular weight excluding hydrogens is 448 g/mol. The van der Waals surface area contributed by atoms with E-state index in [1.54, 1.807) is 0 Å². The highest BCUT2D eigenvalue weighted by Gasteiger charge is 2.16. The van der Waals surface area contributed by atoms with E-state index in [4.69, 9.17) is 0 Å². The van der Waals surface area contributed by atoms with Crippen LogP contribution in [-0.2, 0) is 0 Å². The van der Waals surface area contributed by atoms with E-state index in [0.717, 1.165) is 27.5 Å². The van der Waals surface area contributed by atoms with Gasteiger partial charge in [0.2, 0.25) is 0 Å². The zero-order valence-electron chi connectivity index (χ0n) is 19.9. The van der Waals surface area contributed by atoms with Crippen LogP contribution in [-0.4, -0.2) is 4.57 Å². The van der Waals surface area contributed by atoms with E-state index in [0.29, 0.717) is 5.56 Å². The van der Waals surface area contributed by atoms with Gasteiger partial charge in [-0.05, 0) is 79.8 Å². The molecule has 0 amide bonds. The van der Waals surface area contributed by atoms with Crippen molar-refractivity contribution in [1.82, 2.24) is 4.57 Å². The van der Waals surface area contributed by atoms with Gasteiger partial charge >= 0.3 is 0 Å². The molecule has 0 atom stereocenters. The first-order valence-corrected chi connectivity index (χ1v) is 12.5. The van der Waals surface area contributed by atoms with Crippen LogP contribution >= 0.6 is 0 Å². The van der Waals surface area contributed by atoms with Crippen LogP contribution < -0.4 is 0 Å². The molecule has 8 aromatic rings. The van der Waals surface area contributed by atoms with E-state index in [-0.39, 0.29) is 0 Å². The van der Waals surface area contributed by atoms with Gasteiger partial charge in [-0.15, -0.1) is 0 Å². The van der Waals surface area contributed by atoms with Crippen LogP contribution in [0.5, 0.6) is 0 Å². The molecule has 0 unspecified atom stereocenters. The molecule has 0 saturated carbocycles. The average molecular weight is 469 g/mol. The molecule has 1 heterocycles. The summed E-state index contributed by atoms with van der Waals surface area (Å²) in [4.78, 5) is 0. The van der Waals surface area contributed by atoms with Crippen molar-refractivity contribution in [1.29, 1.82) is 5.26 Å². The molecule has 0 bridgehead atoms. The number of rotatable bonds is 2. The lowest BCUT2D eigenvalue weighted by Gasteiger charge is -2.14. The van der Waals surface area contributed by atoms with E-state index in [9.17, 15) is 5.26 Å². The number of benzene rings is 7. The molecule has 0 N–H and O–H groups in total. The predicted octanol–water partition coefficient (Wildman–Crippen LogP) is 9.22. The fourth-order valence-electron chi connectivity index (χ4n) is 6.10. The molecule has 0 spiro atoms. The summed E-state index contributed by atoms with van der Waals surface area (Å²) < 4.78 is 2.31. The third-order valence-corrected chi connectivity index (χ3v) is 7.75. The first-order chi connectivity index (χ1) is 18.3. The van der Waals surface area contributed by atoms with Gasteiger partial charge in [0.15, 0.2) is 0 Å². The maximum absolute atomic E-state index is 9.55. The minimum Gasteiger partial charge on any atom is -0.309 e. The molecule has 0 aliphatic rings. The standard InChI is InChI=1S/C35H20N2/c36-21-22-9-18-32-31(19-22)29-16-14-26(20-33(29)37(32)27-7-2-1-3-8-27)28-15-12-25-11-10-23-5-4-6-24-13-17-30(28)35(25)34(23)24/h1-20H. The van der Waals surface area contributed by atoms with Crippen molar-refractivity contribution in [2.45, 2.75) is 0 Å². The van der Waals surface area contributed by atoms with Crippen LogP contribution in [0.1, 0.15) is 5.56 Å². The number of para-hydroxylation sites is 1. The molecule has 2 heteroatoms. The van der Waals surface area contributed by atoms with Crippen molar-refractivity contribution >= 4 is 54.1 Å². The van der Waals surface area contributed by atoms with Gasteiger partial charge in [0.25, 0.3) is 0 Å². The predicted molar refractivity (Wildman–Crippen MR) is 155 cm³/mol. The molecule has 8 rings (SSSR count). The number of nitrogens with zero attached hydrogens (tertiary/aromatic N) is 2. The number of hydrogen-bond donors (Lipinski definition) is 0. The Morgan fingerprint density at radius 2 is 1.24 bits per heavy atom. The molecule has 0 saturated heterocycles. The number of nitriles is 1. The minimum absolute atomic E-state index is 0.676. The lowest BCUT2D eigenvalue weighted by molar-refractivity contribution is 1.18. The Bertz CT molecular complexity index is 2180. The van der Waals surface area contributed by atoms with Gasteiger partial charge in [0, 0.05) is 16.5 Å². The fraction of sp³-hybridized carbons (Fsp3) is 0. The Hall–Kier alpha value is -5.13. The summed E-state index contributed by atoms with van der Waals surface area (Å²) in [6.45, 7) is 0. The lowest BCUT2D eigenvalue weighted by Crippen LogP contribution is -1.93. The van der Waals surface area contributed by atoms with Gasteiger partial charge in [0.05, 0.1) is 22.7 Å². The van der Waals surface area contributed by atoms with Crippen LogP contribution in [0, 0.1) is 11.3 Å². The summed E-state index contributed by atoms with van der Waals surface area (Å²) in [6.07, 6.45) is 0. The molecule has 2 nitrogen and oxygen atoms in total. The topological polar surface area (TPSA) is 28.7 Å². The van der Waals surface area contributed by atoms with Gasteiger partial charge in [-0.1, -0.05) is 84.9 Å². The van der Waals surface area contributed by atoms with Crippen molar-refractivity contribution in [2.75, 3.05) is 0 Å². The van der Waals surface area contributed by atoms with Crippen molar-refractivity contribution < 1.29 is 0 Å². The summed E-state index contributed by atoms with van der Waals surface area (Å²) in [7, 11) is 0. The van der Waals surface area contributed by atoms with Gasteiger partial charge < -0.3 is 4.57 Å². The zero-order valence-corrected chi connectivity index (χ0v) is 19.9. The summed E-state index contributed by atoms with van der Waals surface area (Å²) in [5, 5.41) is 19.6. The highest BCUT2D eigenvalue weighted by Crippen LogP contribution is 2.41. The third-order valence-electron chi connectivity index (χ3n) is 7.75. The highest BCUT2D eigenvalue weighted by molar-refractivity contribution is 6.25. The van der Waals surface area contributed by atoms with Crippen molar-refractivity contribution in [3.05, 3.63) is 127 Å². The van der Waals surface area contributed by atoms with Crippen LogP contribution in [0.25, 0.3) is 70.9 Å². The average Bonchev–Trinajstić information content (AvgIpc) is 3.29. The van der Waals surface area contributed by atoms with E-state index in [1.807, 2.05) is 18.2 Å². The van der Waals surface area contributed by atoms with E-state index in [2.05, 4.69) is 114 Å². The number of hydrogen-bond acceptors (Lipinski definition) is 1. The second-order valence-corrected chi connectivity index (χ2v) is 9.72. The summed E-state index contributed by atoms with van der Waals surface area (Å²) >= 11 is 0. The Labute approximate surface area is 213 Å². The molecule has 0 radical (unpaired) electrons. The Balaban J connectivity index is 1.47. The molecule has 0 aliphatic heterocycles. The molecular formula is C35H20N2. The fourth-order valence-corrected chi connectivity index (χ4v) is 6.10. The monoisotopic (exact) mass is 468 g/mol. The number of aromatic nitrogens is 1. The Morgan fingerprint density at radius 3 is 2.05 bits per heavy atom. The largest absolute Gasteiger partial charge is 0.309 e. The molecule has 0 fully saturated rings. The Kier molecular flexibility index (Phi) is 4.04. The van der Waals surface area contributed by atoms with Gasteiger partial charge in [0.1, 0.15) is 0 Å². The van der Waals surface area contributed by atoms with Gasteiger partial charge in [-0.25, -0.2) is 0 Å². The normalized spacial score (nSPS) is 11.8. The molecule has 0 aliphatic carbocycles. The van der Waals surface area contributed by atoms with Crippen molar-refractivity contribution in [2.24, 2.45) is 0 Å². The molecule has 7 aromatic carbocycles. The van der Waals surface area contributed by atoms with Crippen molar-refractivity contribution in [3.8, 4) is 22.9 Å². The van der Waals surface area contributed by atoms with E-state index in [1.165, 1.54) is 43.4 Å². The summed E-state index contributed by atoms with van der Waals surface area (Å²) in [6, 6.07) is 45.5. The Morgan fingerprint density at radius 1 is 0.514 bits per heavy atom. The van der Waals surface area contributed by atoms with Crippen molar-refractivity contribution in [3.63, 3.8) is 0 Å². The highest BCUT2D eigenvalue weighted by atomic mass is 15.0. The summed E-state index contributed by atoms with van der Waals surface area (Å²) in [5.74, 6) is 0.